The van der Waals surface area contributed by atoms with Gasteiger partial charge >= 0.3 is 0 Å². The first-order valence-electron chi connectivity index (χ1n) is 3.29. The summed E-state index contributed by atoms with van der Waals surface area (Å²) in [6, 6.07) is 2.19. The van der Waals surface area contributed by atoms with Crippen molar-refractivity contribution in [1.82, 2.24) is 0 Å². The maximum Gasteiger partial charge on any atom is 0.0659 e. The average Bonchev–Trinajstić information content (AvgIpc) is 1.88. The molecule has 0 bridgehead atoms. The van der Waals surface area contributed by atoms with Gasteiger partial charge in [0.15, 0.2) is 0 Å². The zero-order chi connectivity index (χ0) is 6.69. The first kappa shape index (κ1) is 6.28. The molecular weight excluding hydrogens is 112 g/mol. The van der Waals surface area contributed by atoms with Crippen LogP contribution in [0.2, 0.25) is 0 Å². The molecule has 1 unspecified atom stereocenters. The second kappa shape index (κ2) is 2.63. The van der Waals surface area contributed by atoms with Gasteiger partial charge in [-0.05, 0) is 19.3 Å². The highest BCUT2D eigenvalue weighted by atomic mass is 14.4. The molecule has 0 heterocycles. The molecule has 0 amide bonds. The van der Waals surface area contributed by atoms with Crippen molar-refractivity contribution < 1.29 is 0 Å². The van der Waals surface area contributed by atoms with E-state index in [-0.39, 0.29) is 5.92 Å². The SMILES string of the molecule is N#CC1CCCC(=N)C1. The largest absolute Gasteiger partial charge is 0.310 e. The van der Waals surface area contributed by atoms with Gasteiger partial charge in [-0.3, -0.25) is 0 Å². The van der Waals surface area contributed by atoms with Crippen molar-refractivity contribution in [1.29, 1.82) is 10.7 Å². The lowest BCUT2D eigenvalue weighted by atomic mass is 9.89. The van der Waals surface area contributed by atoms with E-state index in [0.29, 0.717) is 0 Å². The average molecular weight is 122 g/mol. The molecule has 1 aliphatic rings. The Labute approximate surface area is 55.0 Å². The van der Waals surface area contributed by atoms with E-state index in [1.807, 2.05) is 0 Å². The third-order valence-electron chi connectivity index (χ3n) is 1.71. The lowest BCUT2D eigenvalue weighted by Crippen LogP contribution is -2.12. The van der Waals surface area contributed by atoms with Gasteiger partial charge in [0.2, 0.25) is 0 Å². The van der Waals surface area contributed by atoms with Crippen molar-refractivity contribution in [2.75, 3.05) is 0 Å². The molecule has 1 aliphatic carbocycles. The van der Waals surface area contributed by atoms with Crippen LogP contribution in [-0.2, 0) is 0 Å². The molecule has 1 saturated carbocycles. The van der Waals surface area contributed by atoms with Crippen molar-refractivity contribution >= 4 is 5.71 Å². The number of nitrogens with zero attached hydrogens (tertiary/aromatic N) is 1. The van der Waals surface area contributed by atoms with Crippen molar-refractivity contribution in [2.45, 2.75) is 25.7 Å². The summed E-state index contributed by atoms with van der Waals surface area (Å²) in [4.78, 5) is 0. The lowest BCUT2D eigenvalue weighted by molar-refractivity contribution is 0.557. The second-order valence-corrected chi connectivity index (χ2v) is 2.53. The van der Waals surface area contributed by atoms with Gasteiger partial charge in [0.1, 0.15) is 0 Å². The van der Waals surface area contributed by atoms with Gasteiger partial charge < -0.3 is 5.41 Å². The fourth-order valence-electron chi connectivity index (χ4n) is 1.17. The van der Waals surface area contributed by atoms with Crippen molar-refractivity contribution in [3.63, 3.8) is 0 Å². The van der Waals surface area contributed by atoms with Crippen LogP contribution in [0, 0.1) is 22.7 Å². The van der Waals surface area contributed by atoms with Crippen LogP contribution in [0.25, 0.3) is 0 Å². The van der Waals surface area contributed by atoms with Crippen LogP contribution < -0.4 is 0 Å². The molecule has 0 radical (unpaired) electrons. The monoisotopic (exact) mass is 122 g/mol. The molecule has 0 aromatic rings. The third-order valence-corrected chi connectivity index (χ3v) is 1.71. The van der Waals surface area contributed by atoms with Gasteiger partial charge in [-0.15, -0.1) is 0 Å². The maximum absolute atomic E-state index is 8.46. The highest BCUT2D eigenvalue weighted by Gasteiger charge is 2.15. The molecule has 9 heavy (non-hydrogen) atoms. The summed E-state index contributed by atoms with van der Waals surface area (Å²) in [5.41, 5.74) is 0.757. The third kappa shape index (κ3) is 1.53. The standard InChI is InChI=1S/C7H10N2/c8-5-6-2-1-3-7(9)4-6/h6,9H,1-4H2. The summed E-state index contributed by atoms with van der Waals surface area (Å²) in [6.07, 6.45) is 3.67. The van der Waals surface area contributed by atoms with E-state index in [9.17, 15) is 0 Å². The van der Waals surface area contributed by atoms with Crippen molar-refractivity contribution in [2.24, 2.45) is 5.92 Å². The topological polar surface area (TPSA) is 47.6 Å². The number of nitriles is 1. The predicted octanol–water partition coefficient (Wildman–Crippen LogP) is 1.72. The molecule has 2 nitrogen and oxygen atoms in total. The fourth-order valence-corrected chi connectivity index (χ4v) is 1.17. The highest BCUT2D eigenvalue weighted by molar-refractivity contribution is 5.82. The summed E-state index contributed by atoms with van der Waals surface area (Å²) < 4.78 is 0. The number of hydrogen-bond acceptors (Lipinski definition) is 2. The van der Waals surface area contributed by atoms with Crippen molar-refractivity contribution in [3.05, 3.63) is 0 Å². The molecule has 1 N–H and O–H groups in total. The van der Waals surface area contributed by atoms with Crippen LogP contribution in [0.1, 0.15) is 25.7 Å². The minimum atomic E-state index is 0.145. The molecule has 0 saturated heterocycles. The van der Waals surface area contributed by atoms with Crippen LogP contribution in [-0.4, -0.2) is 5.71 Å². The Kier molecular flexibility index (Phi) is 1.84. The Morgan fingerprint density at radius 3 is 2.89 bits per heavy atom. The maximum atomic E-state index is 8.46. The summed E-state index contributed by atoms with van der Waals surface area (Å²) in [5, 5.41) is 15.7. The van der Waals surface area contributed by atoms with Crippen LogP contribution in [0.4, 0.5) is 0 Å². The van der Waals surface area contributed by atoms with Crippen LogP contribution >= 0.6 is 0 Å². The molecule has 0 spiro atoms. The zero-order valence-electron chi connectivity index (χ0n) is 5.35. The molecule has 2 heteroatoms. The summed E-state index contributed by atoms with van der Waals surface area (Å²) in [7, 11) is 0. The van der Waals surface area contributed by atoms with Gasteiger partial charge in [-0.1, -0.05) is 0 Å². The normalized spacial score (nSPS) is 27.4. The first-order chi connectivity index (χ1) is 4.33. The molecule has 1 fully saturated rings. The molecule has 48 valence electrons. The molecule has 1 atom stereocenters. The smallest absolute Gasteiger partial charge is 0.0659 e. The summed E-state index contributed by atoms with van der Waals surface area (Å²) >= 11 is 0. The van der Waals surface area contributed by atoms with E-state index in [1.165, 1.54) is 0 Å². The zero-order valence-corrected chi connectivity index (χ0v) is 5.35. The van der Waals surface area contributed by atoms with Gasteiger partial charge in [-0.25, -0.2) is 0 Å². The van der Waals surface area contributed by atoms with E-state index < -0.39 is 0 Å². The molecule has 0 aliphatic heterocycles. The van der Waals surface area contributed by atoms with E-state index >= 15 is 0 Å². The summed E-state index contributed by atoms with van der Waals surface area (Å²) in [6.45, 7) is 0. The molecule has 0 aromatic carbocycles. The lowest BCUT2D eigenvalue weighted by Gasteiger charge is -2.14. The molecule has 1 rings (SSSR count). The van der Waals surface area contributed by atoms with Gasteiger partial charge in [0, 0.05) is 12.1 Å². The van der Waals surface area contributed by atoms with E-state index in [4.69, 9.17) is 10.7 Å². The first-order valence-corrected chi connectivity index (χ1v) is 3.29. The fraction of sp³-hybridized carbons (Fsp3) is 0.714. The summed E-state index contributed by atoms with van der Waals surface area (Å²) in [5.74, 6) is 0.145. The molecular formula is C7H10N2. The Balaban J connectivity index is 2.43. The number of rotatable bonds is 0. The van der Waals surface area contributed by atoms with Gasteiger partial charge in [0.25, 0.3) is 0 Å². The second-order valence-electron chi connectivity index (χ2n) is 2.53. The minimum absolute atomic E-state index is 0.145. The minimum Gasteiger partial charge on any atom is -0.310 e. The van der Waals surface area contributed by atoms with E-state index in [2.05, 4.69) is 6.07 Å². The molecule has 0 aromatic heterocycles. The number of nitrogens with one attached hydrogen (secondary N) is 1. The Hall–Kier alpha value is -0.840. The van der Waals surface area contributed by atoms with E-state index in [0.717, 1.165) is 31.4 Å². The highest BCUT2D eigenvalue weighted by Crippen LogP contribution is 2.19. The predicted molar refractivity (Wildman–Crippen MR) is 35.3 cm³/mol. The quantitative estimate of drug-likeness (QED) is 0.522. The van der Waals surface area contributed by atoms with Crippen LogP contribution in [0.15, 0.2) is 0 Å². The van der Waals surface area contributed by atoms with Crippen LogP contribution in [0.3, 0.4) is 0 Å². The Morgan fingerprint density at radius 2 is 2.44 bits per heavy atom. The van der Waals surface area contributed by atoms with E-state index in [1.54, 1.807) is 0 Å². The Morgan fingerprint density at radius 1 is 1.67 bits per heavy atom. The van der Waals surface area contributed by atoms with Crippen molar-refractivity contribution in [3.8, 4) is 6.07 Å². The van der Waals surface area contributed by atoms with Gasteiger partial charge in [0.05, 0.1) is 12.0 Å². The Bertz CT molecular complexity index is 155. The van der Waals surface area contributed by atoms with Gasteiger partial charge in [-0.2, -0.15) is 5.26 Å². The number of hydrogen-bond donors (Lipinski definition) is 1. The van der Waals surface area contributed by atoms with Crippen LogP contribution in [0.5, 0.6) is 0 Å².